The minimum absolute atomic E-state index is 0.0410. The highest BCUT2D eigenvalue weighted by Gasteiger charge is 2.35. The second-order valence-corrected chi connectivity index (χ2v) is 10.8. The van der Waals surface area contributed by atoms with Gasteiger partial charge < -0.3 is 9.64 Å². The molecular weight excluding hydrogens is 482 g/mol. The van der Waals surface area contributed by atoms with Crippen LogP contribution in [-0.4, -0.2) is 56.9 Å². The van der Waals surface area contributed by atoms with Crippen molar-refractivity contribution in [2.24, 2.45) is 0 Å². The summed E-state index contributed by atoms with van der Waals surface area (Å²) in [5.41, 5.74) is 1.71. The third-order valence-electron chi connectivity index (χ3n) is 5.78. The molecule has 2 heterocycles. The fourth-order valence-corrected chi connectivity index (χ4v) is 6.34. The minimum Gasteiger partial charge on any atom is -0.383 e. The van der Waals surface area contributed by atoms with Gasteiger partial charge in [0.15, 0.2) is 0 Å². The number of carbonyl (C=O) groups excluding carboxylic acids is 1. The number of methoxy groups -OCH3 is 1. The number of benzene rings is 2. The molecule has 0 saturated carbocycles. The highest BCUT2D eigenvalue weighted by molar-refractivity contribution is 7.89. The second kappa shape index (κ2) is 10.3. The Morgan fingerprint density at radius 2 is 1.74 bits per heavy atom. The predicted molar refractivity (Wildman–Crippen MR) is 125 cm³/mol. The molecule has 34 heavy (non-hydrogen) atoms. The third kappa shape index (κ3) is 5.05. The van der Waals surface area contributed by atoms with Gasteiger partial charge in [-0.3, -0.25) is 4.79 Å². The normalized spacial score (nSPS) is 16.0. The Bertz CT molecular complexity index is 1240. The van der Waals surface area contributed by atoms with Crippen molar-refractivity contribution in [2.75, 3.05) is 33.4 Å². The van der Waals surface area contributed by atoms with Gasteiger partial charge in [0.2, 0.25) is 15.9 Å². The van der Waals surface area contributed by atoms with Gasteiger partial charge in [0.05, 0.1) is 24.1 Å². The minimum atomic E-state index is -4.07. The monoisotopic (exact) mass is 506 g/mol. The van der Waals surface area contributed by atoms with Gasteiger partial charge in [-0.15, -0.1) is 11.3 Å². The molecule has 6 nitrogen and oxygen atoms in total. The molecule has 0 N–H and O–H groups in total. The first-order valence-corrected chi connectivity index (χ1v) is 13.0. The number of nitrogens with zero attached hydrogens (tertiary/aromatic N) is 2. The molecule has 0 radical (unpaired) electrons. The molecule has 10 heteroatoms. The Morgan fingerprint density at radius 1 is 1.09 bits per heavy atom. The lowest BCUT2D eigenvalue weighted by molar-refractivity contribution is -0.133. The molecule has 0 aliphatic carbocycles. The standard InChI is InChI=1S/C24H24F2N2O4S2/c1-32-14-13-27(34(30,31)20-8-6-19(26)7-9-20)16-23(29)28-12-10-22-21(11-15-33-22)24(28)17-2-4-18(25)5-3-17/h2-9,11,15,24H,10,12-14,16H2,1H3. The van der Waals surface area contributed by atoms with Crippen LogP contribution in [0.25, 0.3) is 0 Å². The van der Waals surface area contributed by atoms with Crippen LogP contribution < -0.4 is 0 Å². The molecule has 0 fully saturated rings. The summed E-state index contributed by atoms with van der Waals surface area (Å²) in [6, 6.07) is 12.0. The zero-order valence-corrected chi connectivity index (χ0v) is 20.1. The lowest BCUT2D eigenvalue weighted by atomic mass is 9.93. The first kappa shape index (κ1) is 24.5. The molecule has 1 aromatic heterocycles. The van der Waals surface area contributed by atoms with E-state index in [4.69, 9.17) is 4.74 Å². The maximum Gasteiger partial charge on any atom is 0.243 e. The van der Waals surface area contributed by atoms with Crippen LogP contribution >= 0.6 is 11.3 Å². The Hall–Kier alpha value is -2.66. The summed E-state index contributed by atoms with van der Waals surface area (Å²) in [7, 11) is -2.63. The van der Waals surface area contributed by atoms with E-state index in [1.54, 1.807) is 28.4 Å². The van der Waals surface area contributed by atoms with Crippen LogP contribution in [-0.2, 0) is 26.0 Å². The summed E-state index contributed by atoms with van der Waals surface area (Å²) in [5.74, 6) is -1.31. The van der Waals surface area contributed by atoms with Gasteiger partial charge in [-0.25, -0.2) is 17.2 Å². The molecule has 1 amide bonds. The van der Waals surface area contributed by atoms with Crippen molar-refractivity contribution < 1.29 is 26.7 Å². The largest absolute Gasteiger partial charge is 0.383 e. The zero-order valence-electron chi connectivity index (χ0n) is 18.5. The molecule has 2 aromatic carbocycles. The quantitative estimate of drug-likeness (QED) is 0.466. The fourth-order valence-electron chi connectivity index (χ4n) is 4.06. The molecule has 1 aliphatic rings. The number of carbonyl (C=O) groups is 1. The summed E-state index contributed by atoms with van der Waals surface area (Å²) in [6.45, 7) is 0.0494. The lowest BCUT2D eigenvalue weighted by Gasteiger charge is -2.37. The molecule has 0 saturated heterocycles. The Balaban J connectivity index is 1.64. The number of thiophene rings is 1. The summed E-state index contributed by atoms with van der Waals surface area (Å²) in [5, 5.41) is 1.96. The summed E-state index contributed by atoms with van der Waals surface area (Å²) >= 11 is 1.60. The van der Waals surface area contributed by atoms with Gasteiger partial charge in [-0.2, -0.15) is 4.31 Å². The Labute approximate surface area is 201 Å². The third-order valence-corrected chi connectivity index (χ3v) is 8.64. The number of hydrogen-bond donors (Lipinski definition) is 0. The van der Waals surface area contributed by atoms with Crippen LogP contribution in [0.1, 0.15) is 22.0 Å². The summed E-state index contributed by atoms with van der Waals surface area (Å²) in [6.07, 6.45) is 0.652. The molecule has 1 aliphatic heterocycles. The number of sulfonamides is 1. The van der Waals surface area contributed by atoms with Crippen molar-refractivity contribution >= 4 is 27.3 Å². The van der Waals surface area contributed by atoms with E-state index in [1.807, 2.05) is 11.4 Å². The topological polar surface area (TPSA) is 66.9 Å². The number of rotatable bonds is 8. The lowest BCUT2D eigenvalue weighted by Crippen LogP contribution is -2.47. The van der Waals surface area contributed by atoms with Crippen molar-refractivity contribution in [2.45, 2.75) is 17.4 Å². The van der Waals surface area contributed by atoms with Gasteiger partial charge in [-0.1, -0.05) is 12.1 Å². The van der Waals surface area contributed by atoms with Crippen molar-refractivity contribution in [3.05, 3.63) is 87.6 Å². The molecule has 1 unspecified atom stereocenters. The van der Waals surface area contributed by atoms with Gasteiger partial charge in [0, 0.05) is 25.1 Å². The molecule has 0 bridgehead atoms. The van der Waals surface area contributed by atoms with Crippen molar-refractivity contribution in [1.29, 1.82) is 0 Å². The number of hydrogen-bond acceptors (Lipinski definition) is 5. The van der Waals surface area contributed by atoms with E-state index in [0.29, 0.717) is 13.0 Å². The number of amides is 1. The van der Waals surface area contributed by atoms with E-state index < -0.39 is 28.4 Å². The van der Waals surface area contributed by atoms with Crippen LogP contribution in [0.15, 0.2) is 64.9 Å². The molecule has 4 rings (SSSR count). The van der Waals surface area contributed by atoms with Crippen molar-refractivity contribution in [3.63, 3.8) is 0 Å². The van der Waals surface area contributed by atoms with E-state index in [9.17, 15) is 22.0 Å². The maximum atomic E-state index is 13.6. The average molecular weight is 507 g/mol. The summed E-state index contributed by atoms with van der Waals surface area (Å²) < 4.78 is 59.5. The Morgan fingerprint density at radius 3 is 2.38 bits per heavy atom. The molecule has 1 atom stereocenters. The van der Waals surface area contributed by atoms with Crippen molar-refractivity contribution in [3.8, 4) is 0 Å². The maximum absolute atomic E-state index is 13.6. The fraction of sp³-hybridized carbons (Fsp3) is 0.292. The van der Waals surface area contributed by atoms with Crippen LogP contribution in [0.5, 0.6) is 0 Å². The van der Waals surface area contributed by atoms with Gasteiger partial charge in [0.25, 0.3) is 0 Å². The van der Waals surface area contributed by atoms with E-state index in [0.717, 1.165) is 32.4 Å². The van der Waals surface area contributed by atoms with E-state index in [-0.39, 0.29) is 29.8 Å². The SMILES string of the molecule is COCCN(CC(=O)N1CCc2sccc2C1c1ccc(F)cc1)S(=O)(=O)c1ccc(F)cc1. The van der Waals surface area contributed by atoms with Crippen LogP contribution in [0, 0.1) is 11.6 Å². The predicted octanol–water partition coefficient (Wildman–Crippen LogP) is 3.84. The number of ether oxygens (including phenoxy) is 1. The first-order chi connectivity index (χ1) is 16.3. The number of fused-ring (bicyclic) bond motifs is 1. The smallest absolute Gasteiger partial charge is 0.243 e. The molecule has 0 spiro atoms. The highest BCUT2D eigenvalue weighted by atomic mass is 32.2. The average Bonchev–Trinajstić information content (AvgIpc) is 3.31. The van der Waals surface area contributed by atoms with Crippen molar-refractivity contribution in [1.82, 2.24) is 9.21 Å². The first-order valence-electron chi connectivity index (χ1n) is 10.7. The van der Waals surface area contributed by atoms with Gasteiger partial charge in [-0.05, 0) is 65.4 Å². The molecule has 3 aromatic rings. The van der Waals surface area contributed by atoms with E-state index in [1.165, 1.54) is 31.4 Å². The second-order valence-electron chi connectivity index (χ2n) is 7.88. The highest BCUT2D eigenvalue weighted by Crippen LogP contribution is 2.38. The van der Waals surface area contributed by atoms with E-state index in [2.05, 4.69) is 0 Å². The van der Waals surface area contributed by atoms with E-state index >= 15 is 0 Å². The van der Waals surface area contributed by atoms with Gasteiger partial charge in [0.1, 0.15) is 11.6 Å². The van der Waals surface area contributed by atoms with Crippen LogP contribution in [0.2, 0.25) is 0 Å². The molecular formula is C24H24F2N2O4S2. The van der Waals surface area contributed by atoms with Crippen LogP contribution in [0.4, 0.5) is 8.78 Å². The Kier molecular flexibility index (Phi) is 7.42. The van der Waals surface area contributed by atoms with Gasteiger partial charge >= 0.3 is 0 Å². The molecule has 180 valence electrons. The zero-order chi connectivity index (χ0) is 24.3. The number of halogens is 2. The summed E-state index contributed by atoms with van der Waals surface area (Å²) in [4.78, 5) is 16.2. The van der Waals surface area contributed by atoms with Crippen LogP contribution in [0.3, 0.4) is 0 Å².